The largest absolute Gasteiger partial charge is 0.480 e. The summed E-state index contributed by atoms with van der Waals surface area (Å²) in [6, 6.07) is 3.71. The van der Waals surface area contributed by atoms with Crippen LogP contribution in [0.1, 0.15) is 5.56 Å². The van der Waals surface area contributed by atoms with Crippen LogP contribution in [-0.4, -0.2) is 22.6 Å². The average Bonchev–Trinajstić information content (AvgIpc) is 2.66. The van der Waals surface area contributed by atoms with Gasteiger partial charge in [0.25, 0.3) is 0 Å². The molecule has 0 saturated carbocycles. The molecule has 1 aromatic heterocycles. The Balaban J connectivity index is 2.39. The first-order chi connectivity index (χ1) is 7.58. The molecule has 2 aromatic rings. The SMILES string of the molecule is Cc1ccc(Cl)c2sc(NCC(=O)O)nc12. The lowest BCUT2D eigenvalue weighted by Crippen LogP contribution is -2.11. The Bertz CT molecular complexity index is 514. The van der Waals surface area contributed by atoms with Crippen LogP contribution in [-0.2, 0) is 4.79 Å². The third-order valence-electron chi connectivity index (χ3n) is 2.09. The number of carboxylic acids is 1. The van der Waals surface area contributed by atoms with Gasteiger partial charge in [-0.05, 0) is 18.6 Å². The number of carbonyl (C=O) groups is 1. The van der Waals surface area contributed by atoms with Gasteiger partial charge in [0.05, 0.1) is 15.2 Å². The number of anilines is 1. The number of aromatic nitrogens is 1. The summed E-state index contributed by atoms with van der Waals surface area (Å²) in [6.07, 6.45) is 0. The van der Waals surface area contributed by atoms with Crippen molar-refractivity contribution in [2.75, 3.05) is 11.9 Å². The van der Waals surface area contributed by atoms with Crippen LogP contribution in [0.4, 0.5) is 5.13 Å². The molecule has 6 heteroatoms. The lowest BCUT2D eigenvalue weighted by Gasteiger charge is -1.95. The Hall–Kier alpha value is -1.33. The van der Waals surface area contributed by atoms with Gasteiger partial charge in [-0.1, -0.05) is 29.0 Å². The first-order valence-corrected chi connectivity index (χ1v) is 5.78. The molecule has 0 bridgehead atoms. The van der Waals surface area contributed by atoms with Gasteiger partial charge < -0.3 is 10.4 Å². The fourth-order valence-corrected chi connectivity index (χ4v) is 2.54. The van der Waals surface area contributed by atoms with Crippen molar-refractivity contribution in [1.82, 2.24) is 4.98 Å². The molecule has 16 heavy (non-hydrogen) atoms. The van der Waals surface area contributed by atoms with Gasteiger partial charge in [0, 0.05) is 0 Å². The molecule has 0 radical (unpaired) electrons. The normalized spacial score (nSPS) is 10.6. The van der Waals surface area contributed by atoms with Gasteiger partial charge in [-0.3, -0.25) is 4.79 Å². The lowest BCUT2D eigenvalue weighted by molar-refractivity contribution is -0.134. The number of nitrogens with one attached hydrogen (secondary N) is 1. The molecule has 0 fully saturated rings. The highest BCUT2D eigenvalue weighted by Crippen LogP contribution is 2.33. The number of hydrogen-bond donors (Lipinski definition) is 2. The number of aliphatic carboxylic acids is 1. The fraction of sp³-hybridized carbons (Fsp3) is 0.200. The topological polar surface area (TPSA) is 62.2 Å². The molecule has 0 amide bonds. The molecule has 1 heterocycles. The number of nitrogens with zero attached hydrogens (tertiary/aromatic N) is 1. The fourth-order valence-electron chi connectivity index (χ4n) is 1.33. The van der Waals surface area contributed by atoms with E-state index in [-0.39, 0.29) is 6.54 Å². The third kappa shape index (κ3) is 2.10. The number of benzene rings is 1. The van der Waals surface area contributed by atoms with E-state index in [1.807, 2.05) is 19.1 Å². The van der Waals surface area contributed by atoms with Crippen LogP contribution >= 0.6 is 22.9 Å². The Morgan fingerprint density at radius 3 is 3.00 bits per heavy atom. The van der Waals surface area contributed by atoms with Crippen LogP contribution in [0.2, 0.25) is 5.02 Å². The van der Waals surface area contributed by atoms with Crippen molar-refractivity contribution >= 4 is 44.3 Å². The van der Waals surface area contributed by atoms with Crippen molar-refractivity contribution in [2.45, 2.75) is 6.92 Å². The molecule has 84 valence electrons. The first-order valence-electron chi connectivity index (χ1n) is 4.59. The van der Waals surface area contributed by atoms with Gasteiger partial charge in [-0.25, -0.2) is 4.98 Å². The zero-order chi connectivity index (χ0) is 11.7. The van der Waals surface area contributed by atoms with Crippen LogP contribution in [0.25, 0.3) is 10.2 Å². The molecule has 0 aliphatic carbocycles. The van der Waals surface area contributed by atoms with E-state index in [0.29, 0.717) is 10.2 Å². The van der Waals surface area contributed by atoms with Crippen molar-refractivity contribution in [3.63, 3.8) is 0 Å². The first kappa shape index (κ1) is 11.2. The second kappa shape index (κ2) is 4.27. The van der Waals surface area contributed by atoms with Crippen molar-refractivity contribution in [3.8, 4) is 0 Å². The Morgan fingerprint density at radius 2 is 2.38 bits per heavy atom. The maximum Gasteiger partial charge on any atom is 0.322 e. The maximum absolute atomic E-state index is 10.4. The summed E-state index contributed by atoms with van der Waals surface area (Å²) >= 11 is 7.39. The number of rotatable bonds is 3. The van der Waals surface area contributed by atoms with Crippen molar-refractivity contribution in [2.24, 2.45) is 0 Å². The van der Waals surface area contributed by atoms with Crippen LogP contribution < -0.4 is 5.32 Å². The Morgan fingerprint density at radius 1 is 1.62 bits per heavy atom. The van der Waals surface area contributed by atoms with Crippen LogP contribution in [0.3, 0.4) is 0 Å². The van der Waals surface area contributed by atoms with Crippen LogP contribution in [0.5, 0.6) is 0 Å². The van der Waals surface area contributed by atoms with Crippen molar-refractivity contribution in [1.29, 1.82) is 0 Å². The summed E-state index contributed by atoms with van der Waals surface area (Å²) in [5.74, 6) is -0.915. The van der Waals surface area contributed by atoms with Gasteiger partial charge in [0.2, 0.25) is 0 Å². The summed E-state index contributed by atoms with van der Waals surface area (Å²) < 4.78 is 0.884. The maximum atomic E-state index is 10.4. The number of halogens is 1. The van der Waals surface area contributed by atoms with Gasteiger partial charge in [-0.2, -0.15) is 0 Å². The third-order valence-corrected chi connectivity index (χ3v) is 3.56. The molecule has 4 nitrogen and oxygen atoms in total. The zero-order valence-corrected chi connectivity index (χ0v) is 10.0. The molecule has 0 unspecified atom stereocenters. The molecule has 1 aromatic carbocycles. The number of hydrogen-bond acceptors (Lipinski definition) is 4. The number of fused-ring (bicyclic) bond motifs is 1. The zero-order valence-electron chi connectivity index (χ0n) is 8.45. The second-order valence-electron chi connectivity index (χ2n) is 3.31. The highest BCUT2D eigenvalue weighted by molar-refractivity contribution is 7.22. The number of aryl methyl sites for hydroxylation is 1. The van der Waals surface area contributed by atoms with Gasteiger partial charge >= 0.3 is 5.97 Å². The minimum Gasteiger partial charge on any atom is -0.480 e. The summed E-state index contributed by atoms with van der Waals surface area (Å²) in [5, 5.41) is 12.5. The Labute approximate surface area is 101 Å². The summed E-state index contributed by atoms with van der Waals surface area (Å²) in [6.45, 7) is 1.80. The molecule has 0 spiro atoms. The molecule has 0 aliphatic heterocycles. The van der Waals surface area contributed by atoms with Gasteiger partial charge in [0.1, 0.15) is 6.54 Å². The van der Waals surface area contributed by atoms with Crippen LogP contribution in [0.15, 0.2) is 12.1 Å². The summed E-state index contributed by atoms with van der Waals surface area (Å²) in [4.78, 5) is 14.7. The summed E-state index contributed by atoms with van der Waals surface area (Å²) in [7, 11) is 0. The molecule has 2 N–H and O–H groups in total. The van der Waals surface area contributed by atoms with E-state index in [9.17, 15) is 4.79 Å². The number of carboxylic acid groups (broad SMARTS) is 1. The van der Waals surface area contributed by atoms with Crippen molar-refractivity contribution in [3.05, 3.63) is 22.7 Å². The van der Waals surface area contributed by atoms with E-state index in [1.165, 1.54) is 11.3 Å². The lowest BCUT2D eigenvalue weighted by atomic mass is 10.2. The smallest absolute Gasteiger partial charge is 0.322 e. The number of thiazole rings is 1. The van der Waals surface area contributed by atoms with E-state index in [0.717, 1.165) is 15.8 Å². The molecule has 2 rings (SSSR count). The van der Waals surface area contributed by atoms with Gasteiger partial charge in [0.15, 0.2) is 5.13 Å². The molecule has 0 aliphatic rings. The average molecular weight is 257 g/mol. The highest BCUT2D eigenvalue weighted by Gasteiger charge is 2.09. The minimum absolute atomic E-state index is 0.142. The van der Waals surface area contributed by atoms with E-state index in [4.69, 9.17) is 16.7 Å². The summed E-state index contributed by atoms with van der Waals surface area (Å²) in [5.41, 5.74) is 1.85. The molecule has 0 atom stereocenters. The van der Waals surface area contributed by atoms with E-state index >= 15 is 0 Å². The minimum atomic E-state index is -0.915. The van der Waals surface area contributed by atoms with Crippen molar-refractivity contribution < 1.29 is 9.90 Å². The second-order valence-corrected chi connectivity index (χ2v) is 4.71. The highest BCUT2D eigenvalue weighted by atomic mass is 35.5. The van der Waals surface area contributed by atoms with E-state index < -0.39 is 5.97 Å². The van der Waals surface area contributed by atoms with Gasteiger partial charge in [-0.15, -0.1) is 0 Å². The van der Waals surface area contributed by atoms with E-state index in [2.05, 4.69) is 10.3 Å². The predicted octanol–water partition coefficient (Wildman–Crippen LogP) is 2.75. The Kier molecular flexibility index (Phi) is 2.98. The molecular weight excluding hydrogens is 248 g/mol. The quantitative estimate of drug-likeness (QED) is 0.886. The molecule has 0 saturated heterocycles. The standard InChI is InChI=1S/C10H9ClN2O2S/c1-5-2-3-6(11)9-8(5)13-10(16-9)12-4-7(14)15/h2-3H,4H2,1H3,(H,12,13)(H,14,15). The monoisotopic (exact) mass is 256 g/mol. The van der Waals surface area contributed by atoms with E-state index in [1.54, 1.807) is 0 Å². The van der Waals surface area contributed by atoms with Crippen LogP contribution in [0, 0.1) is 6.92 Å². The molecular formula is C10H9ClN2O2S. The predicted molar refractivity (Wildman–Crippen MR) is 65.5 cm³/mol.